The van der Waals surface area contributed by atoms with Gasteiger partial charge in [-0.25, -0.2) is 0 Å². The average Bonchev–Trinajstić information content (AvgIpc) is 2.86. The van der Waals surface area contributed by atoms with Crippen LogP contribution in [0, 0.1) is 0 Å². The Kier molecular flexibility index (Phi) is 10.2. The van der Waals surface area contributed by atoms with Crippen molar-refractivity contribution in [2.75, 3.05) is 23.3 Å². The van der Waals surface area contributed by atoms with E-state index in [9.17, 15) is 9.59 Å². The molecule has 6 heteroatoms. The Labute approximate surface area is 198 Å². The Bertz CT molecular complexity index is 879. The molecule has 0 unspecified atom stereocenters. The predicted molar refractivity (Wildman–Crippen MR) is 135 cm³/mol. The highest BCUT2D eigenvalue weighted by Gasteiger charge is 2.19. The number of anilines is 2. The highest BCUT2D eigenvalue weighted by atomic mass is 16.2. The summed E-state index contributed by atoms with van der Waals surface area (Å²) in [5, 5.41) is 6.01. The van der Waals surface area contributed by atoms with Gasteiger partial charge in [0.05, 0.1) is 5.56 Å². The van der Waals surface area contributed by atoms with E-state index in [4.69, 9.17) is 0 Å². The second-order valence-corrected chi connectivity index (χ2v) is 8.89. The lowest BCUT2D eigenvalue weighted by molar-refractivity contribution is -0.116. The fourth-order valence-electron chi connectivity index (χ4n) is 4.28. The molecule has 0 saturated carbocycles. The van der Waals surface area contributed by atoms with Crippen molar-refractivity contribution < 1.29 is 9.59 Å². The van der Waals surface area contributed by atoms with Crippen LogP contribution < -0.4 is 15.5 Å². The fourth-order valence-corrected chi connectivity index (χ4v) is 4.28. The number of unbranched alkanes of at least 4 members (excludes halogenated alkanes) is 5. The first kappa shape index (κ1) is 24.7. The molecule has 3 rings (SSSR count). The molecule has 1 aromatic heterocycles. The van der Waals surface area contributed by atoms with Gasteiger partial charge in [-0.1, -0.05) is 45.1 Å². The molecule has 0 bridgehead atoms. The predicted octanol–water partition coefficient (Wildman–Crippen LogP) is 5.69. The lowest BCUT2D eigenvalue weighted by Gasteiger charge is -2.30. The Morgan fingerprint density at radius 3 is 2.55 bits per heavy atom. The van der Waals surface area contributed by atoms with Gasteiger partial charge < -0.3 is 15.5 Å². The van der Waals surface area contributed by atoms with Gasteiger partial charge in [-0.3, -0.25) is 14.6 Å². The van der Waals surface area contributed by atoms with Crippen molar-refractivity contribution in [3.63, 3.8) is 0 Å². The second kappa shape index (κ2) is 13.6. The zero-order valence-corrected chi connectivity index (χ0v) is 19.9. The van der Waals surface area contributed by atoms with Gasteiger partial charge in [0.1, 0.15) is 0 Å². The van der Waals surface area contributed by atoms with Gasteiger partial charge in [0.25, 0.3) is 5.91 Å². The molecule has 0 aliphatic carbocycles. The third kappa shape index (κ3) is 8.19. The van der Waals surface area contributed by atoms with Gasteiger partial charge in [-0.05, 0) is 55.5 Å². The number of hydrogen-bond donors (Lipinski definition) is 2. The van der Waals surface area contributed by atoms with Crippen LogP contribution in [0.4, 0.5) is 11.4 Å². The number of carbonyl (C=O) groups is 2. The number of carbonyl (C=O) groups excluding carboxylic acids is 2. The minimum absolute atomic E-state index is 0.0120. The van der Waals surface area contributed by atoms with E-state index >= 15 is 0 Å². The summed E-state index contributed by atoms with van der Waals surface area (Å²) in [4.78, 5) is 32.0. The van der Waals surface area contributed by atoms with Crippen LogP contribution in [0.25, 0.3) is 0 Å². The molecule has 33 heavy (non-hydrogen) atoms. The van der Waals surface area contributed by atoms with Crippen molar-refractivity contribution in [3.8, 4) is 0 Å². The molecule has 0 radical (unpaired) electrons. The van der Waals surface area contributed by atoms with E-state index in [-0.39, 0.29) is 11.8 Å². The zero-order valence-electron chi connectivity index (χ0n) is 19.9. The summed E-state index contributed by atoms with van der Waals surface area (Å²) in [5.41, 5.74) is 3.18. The molecular weight excluding hydrogens is 412 g/mol. The maximum atomic E-state index is 13.1. The number of piperidine rings is 1. The molecule has 1 saturated heterocycles. The van der Waals surface area contributed by atoms with Crippen LogP contribution in [0.5, 0.6) is 0 Å². The van der Waals surface area contributed by atoms with Gasteiger partial charge in [0, 0.05) is 49.8 Å². The van der Waals surface area contributed by atoms with Crippen molar-refractivity contribution in [1.82, 2.24) is 10.3 Å². The van der Waals surface area contributed by atoms with Gasteiger partial charge >= 0.3 is 0 Å². The van der Waals surface area contributed by atoms with Crippen LogP contribution in [0.2, 0.25) is 0 Å². The molecule has 1 aliphatic heterocycles. The van der Waals surface area contributed by atoms with Gasteiger partial charge in [0.2, 0.25) is 5.91 Å². The van der Waals surface area contributed by atoms with Crippen molar-refractivity contribution in [1.29, 1.82) is 0 Å². The molecule has 0 atom stereocenters. The Morgan fingerprint density at radius 1 is 1.00 bits per heavy atom. The quantitative estimate of drug-likeness (QED) is 0.407. The molecule has 2 aromatic rings. The maximum absolute atomic E-state index is 13.1. The number of pyridine rings is 1. The maximum Gasteiger partial charge on any atom is 0.253 e. The molecule has 1 aliphatic rings. The molecule has 6 nitrogen and oxygen atoms in total. The average molecular weight is 451 g/mol. The topological polar surface area (TPSA) is 74.3 Å². The van der Waals surface area contributed by atoms with E-state index in [2.05, 4.69) is 27.4 Å². The highest BCUT2D eigenvalue weighted by Crippen LogP contribution is 2.27. The molecule has 1 aromatic carbocycles. The Morgan fingerprint density at radius 2 is 1.79 bits per heavy atom. The minimum atomic E-state index is -0.133. The lowest BCUT2D eigenvalue weighted by Crippen LogP contribution is -2.32. The van der Waals surface area contributed by atoms with E-state index in [1.807, 2.05) is 30.3 Å². The summed E-state index contributed by atoms with van der Waals surface area (Å²) in [6.45, 7) is 4.53. The van der Waals surface area contributed by atoms with Crippen molar-refractivity contribution in [2.45, 2.75) is 77.7 Å². The SMILES string of the molecule is CCCCCCCCC(=O)Nc1ccc(N2CCCCC2)c(C(=O)NCc2cccnc2)c1. The minimum Gasteiger partial charge on any atom is -0.371 e. The third-order valence-corrected chi connectivity index (χ3v) is 6.15. The van der Waals surface area contributed by atoms with E-state index in [0.717, 1.165) is 50.0 Å². The fraction of sp³-hybridized carbons (Fsp3) is 0.519. The van der Waals surface area contributed by atoms with Gasteiger partial charge in [-0.15, -0.1) is 0 Å². The van der Waals surface area contributed by atoms with Crippen LogP contribution in [0.15, 0.2) is 42.7 Å². The number of benzene rings is 1. The Balaban J connectivity index is 1.64. The summed E-state index contributed by atoms with van der Waals surface area (Å²) in [6, 6.07) is 9.52. The normalized spacial score (nSPS) is 13.5. The van der Waals surface area contributed by atoms with Crippen LogP contribution in [-0.4, -0.2) is 29.9 Å². The first-order valence-corrected chi connectivity index (χ1v) is 12.5. The van der Waals surface area contributed by atoms with Crippen LogP contribution in [0.3, 0.4) is 0 Å². The van der Waals surface area contributed by atoms with Gasteiger partial charge in [-0.2, -0.15) is 0 Å². The summed E-state index contributed by atoms with van der Waals surface area (Å²) in [7, 11) is 0. The van der Waals surface area contributed by atoms with Crippen molar-refractivity contribution >= 4 is 23.2 Å². The monoisotopic (exact) mass is 450 g/mol. The summed E-state index contributed by atoms with van der Waals surface area (Å²) < 4.78 is 0. The number of aromatic nitrogens is 1. The van der Waals surface area contributed by atoms with Crippen LogP contribution in [-0.2, 0) is 11.3 Å². The first-order valence-electron chi connectivity index (χ1n) is 12.5. The molecule has 2 N–H and O–H groups in total. The number of rotatable bonds is 12. The summed E-state index contributed by atoms with van der Waals surface area (Å²) >= 11 is 0. The largest absolute Gasteiger partial charge is 0.371 e. The van der Waals surface area contributed by atoms with Crippen LogP contribution in [0.1, 0.15) is 87.1 Å². The highest BCUT2D eigenvalue weighted by molar-refractivity contribution is 6.02. The molecule has 0 spiro atoms. The standard InChI is InChI=1S/C27H38N4O2/c1-2-3-4-5-6-8-13-26(32)30-23-14-15-25(31-17-9-7-10-18-31)24(19-23)27(33)29-21-22-12-11-16-28-20-22/h11-12,14-16,19-20H,2-10,13,17-18,21H2,1H3,(H,29,33)(H,30,32). The number of nitrogens with one attached hydrogen (secondary N) is 2. The van der Waals surface area contributed by atoms with E-state index in [1.165, 1.54) is 32.1 Å². The number of hydrogen-bond acceptors (Lipinski definition) is 4. The molecular formula is C27H38N4O2. The molecule has 2 heterocycles. The first-order chi connectivity index (χ1) is 16.2. The summed E-state index contributed by atoms with van der Waals surface area (Å²) in [6.07, 6.45) is 14.4. The number of amides is 2. The zero-order chi connectivity index (χ0) is 23.3. The van der Waals surface area contributed by atoms with Gasteiger partial charge in [0.15, 0.2) is 0 Å². The second-order valence-electron chi connectivity index (χ2n) is 8.89. The lowest BCUT2D eigenvalue weighted by atomic mass is 10.1. The number of nitrogens with zero attached hydrogens (tertiary/aromatic N) is 2. The molecule has 178 valence electrons. The van der Waals surface area contributed by atoms with E-state index < -0.39 is 0 Å². The molecule has 2 amide bonds. The smallest absolute Gasteiger partial charge is 0.253 e. The van der Waals surface area contributed by atoms with Crippen molar-refractivity contribution in [2.24, 2.45) is 0 Å². The van der Waals surface area contributed by atoms with E-state index in [0.29, 0.717) is 24.2 Å². The summed E-state index contributed by atoms with van der Waals surface area (Å²) in [5.74, 6) is -0.121. The van der Waals surface area contributed by atoms with Crippen LogP contribution >= 0.6 is 0 Å². The van der Waals surface area contributed by atoms with Crippen molar-refractivity contribution in [3.05, 3.63) is 53.9 Å². The Hall–Kier alpha value is -2.89. The molecule has 1 fully saturated rings. The third-order valence-electron chi connectivity index (χ3n) is 6.15. The van der Waals surface area contributed by atoms with E-state index in [1.54, 1.807) is 12.4 Å².